The van der Waals surface area contributed by atoms with Gasteiger partial charge in [0.1, 0.15) is 0 Å². The van der Waals surface area contributed by atoms with Gasteiger partial charge in [-0.1, -0.05) is 13.3 Å². The summed E-state index contributed by atoms with van der Waals surface area (Å²) in [6, 6.07) is 0. The first-order valence-electron chi connectivity index (χ1n) is 5.03. The largest absolute Gasteiger partial charge is 0.330 e. The second-order valence-corrected chi connectivity index (χ2v) is 3.03. The Morgan fingerprint density at radius 1 is 1.00 bits per heavy atom. The lowest BCUT2D eigenvalue weighted by Gasteiger charge is -2.05. The van der Waals surface area contributed by atoms with Crippen LogP contribution in [-0.2, 0) is 0 Å². The molecule has 0 amide bonds. The van der Waals surface area contributed by atoms with Gasteiger partial charge in [-0.15, -0.1) is 0 Å². The monoisotopic (exact) mass is 173 g/mol. The first-order chi connectivity index (χ1) is 5.91. The van der Waals surface area contributed by atoms with Crippen molar-refractivity contribution in [2.45, 2.75) is 32.6 Å². The molecule has 12 heavy (non-hydrogen) atoms. The zero-order chi connectivity index (χ0) is 9.07. The van der Waals surface area contributed by atoms with Crippen LogP contribution < -0.4 is 16.4 Å². The predicted molar refractivity (Wildman–Crippen MR) is 54.1 cm³/mol. The third kappa shape index (κ3) is 9.88. The van der Waals surface area contributed by atoms with Gasteiger partial charge in [0.05, 0.1) is 0 Å². The van der Waals surface area contributed by atoms with Crippen LogP contribution in [0.5, 0.6) is 0 Å². The van der Waals surface area contributed by atoms with Gasteiger partial charge in [0.25, 0.3) is 0 Å². The van der Waals surface area contributed by atoms with E-state index < -0.39 is 0 Å². The van der Waals surface area contributed by atoms with E-state index in [1.807, 2.05) is 0 Å². The molecule has 0 aliphatic rings. The molecule has 0 aromatic rings. The number of unbranched alkanes of at least 4 members (excludes halogenated alkanes) is 2. The lowest BCUT2D eigenvalue weighted by Crippen LogP contribution is -2.30. The lowest BCUT2D eigenvalue weighted by atomic mass is 10.3. The van der Waals surface area contributed by atoms with Gasteiger partial charge < -0.3 is 16.4 Å². The lowest BCUT2D eigenvalue weighted by molar-refractivity contribution is 0.549. The van der Waals surface area contributed by atoms with E-state index in [-0.39, 0.29) is 0 Å². The summed E-state index contributed by atoms with van der Waals surface area (Å²) in [5, 5.41) is 6.63. The zero-order valence-corrected chi connectivity index (χ0v) is 8.23. The van der Waals surface area contributed by atoms with Gasteiger partial charge in [-0.2, -0.15) is 0 Å². The van der Waals surface area contributed by atoms with Crippen LogP contribution in [0.4, 0.5) is 0 Å². The number of hydrogen-bond donors (Lipinski definition) is 3. The minimum Gasteiger partial charge on any atom is -0.330 e. The van der Waals surface area contributed by atoms with Gasteiger partial charge >= 0.3 is 0 Å². The first-order valence-corrected chi connectivity index (χ1v) is 5.03. The van der Waals surface area contributed by atoms with Gasteiger partial charge in [0, 0.05) is 6.67 Å². The van der Waals surface area contributed by atoms with E-state index in [0.29, 0.717) is 0 Å². The Balaban J connectivity index is 2.73. The SMILES string of the molecule is CCCCNCNCCCCN. The molecule has 0 rings (SSSR count). The van der Waals surface area contributed by atoms with E-state index in [9.17, 15) is 0 Å². The minimum atomic E-state index is 0.810. The van der Waals surface area contributed by atoms with Crippen molar-refractivity contribution in [1.29, 1.82) is 0 Å². The molecule has 3 nitrogen and oxygen atoms in total. The average Bonchev–Trinajstić information content (AvgIpc) is 2.10. The van der Waals surface area contributed by atoms with Crippen molar-refractivity contribution in [3.63, 3.8) is 0 Å². The number of nitrogens with two attached hydrogens (primary N) is 1. The molecule has 3 heteroatoms. The highest BCUT2D eigenvalue weighted by Crippen LogP contribution is 1.82. The van der Waals surface area contributed by atoms with Crippen molar-refractivity contribution in [3.05, 3.63) is 0 Å². The molecule has 0 radical (unpaired) electrons. The Morgan fingerprint density at radius 2 is 1.67 bits per heavy atom. The van der Waals surface area contributed by atoms with Crippen LogP contribution in [0.25, 0.3) is 0 Å². The number of nitrogens with one attached hydrogen (secondary N) is 2. The minimum absolute atomic E-state index is 0.810. The van der Waals surface area contributed by atoms with E-state index in [0.717, 1.165) is 32.7 Å². The Morgan fingerprint density at radius 3 is 2.25 bits per heavy atom. The van der Waals surface area contributed by atoms with Crippen molar-refractivity contribution < 1.29 is 0 Å². The third-order valence-corrected chi connectivity index (χ3v) is 1.76. The van der Waals surface area contributed by atoms with E-state index in [1.165, 1.54) is 19.3 Å². The van der Waals surface area contributed by atoms with Gasteiger partial charge in [-0.25, -0.2) is 0 Å². The molecule has 0 atom stereocenters. The number of hydrogen-bond acceptors (Lipinski definition) is 3. The molecular weight excluding hydrogens is 150 g/mol. The Labute approximate surface area is 76.1 Å². The van der Waals surface area contributed by atoms with Crippen LogP contribution in [0.3, 0.4) is 0 Å². The maximum absolute atomic E-state index is 5.37. The standard InChI is InChI=1S/C9H23N3/c1-2-3-7-11-9-12-8-5-4-6-10/h11-12H,2-10H2,1H3. The van der Waals surface area contributed by atoms with E-state index >= 15 is 0 Å². The van der Waals surface area contributed by atoms with Gasteiger partial charge in [0.2, 0.25) is 0 Å². The van der Waals surface area contributed by atoms with E-state index in [1.54, 1.807) is 0 Å². The highest BCUT2D eigenvalue weighted by molar-refractivity contribution is 4.48. The maximum atomic E-state index is 5.37. The summed E-state index contributed by atoms with van der Waals surface area (Å²) in [5.74, 6) is 0. The maximum Gasteiger partial charge on any atom is 0.0454 e. The zero-order valence-electron chi connectivity index (χ0n) is 8.23. The fourth-order valence-corrected chi connectivity index (χ4v) is 0.961. The summed E-state index contributed by atoms with van der Waals surface area (Å²) in [7, 11) is 0. The normalized spacial score (nSPS) is 10.5. The van der Waals surface area contributed by atoms with Crippen LogP contribution >= 0.6 is 0 Å². The summed E-state index contributed by atoms with van der Waals surface area (Å²) in [6.45, 7) is 6.16. The molecule has 0 aliphatic heterocycles. The quantitative estimate of drug-likeness (QED) is 0.355. The van der Waals surface area contributed by atoms with Crippen molar-refractivity contribution in [3.8, 4) is 0 Å². The number of rotatable bonds is 9. The molecule has 0 unspecified atom stereocenters. The molecule has 4 N–H and O–H groups in total. The Bertz CT molecular complexity index is 66.2. The van der Waals surface area contributed by atoms with E-state index in [4.69, 9.17) is 5.73 Å². The van der Waals surface area contributed by atoms with Crippen LogP contribution in [0.15, 0.2) is 0 Å². The van der Waals surface area contributed by atoms with Crippen LogP contribution in [0, 0.1) is 0 Å². The molecule has 0 aromatic heterocycles. The first kappa shape index (κ1) is 11.9. The molecule has 74 valence electrons. The second kappa shape index (κ2) is 10.9. The topological polar surface area (TPSA) is 50.1 Å². The molecule has 0 fully saturated rings. The van der Waals surface area contributed by atoms with Crippen molar-refractivity contribution in [1.82, 2.24) is 10.6 Å². The van der Waals surface area contributed by atoms with Gasteiger partial charge in [-0.3, -0.25) is 0 Å². The molecule has 0 bridgehead atoms. The van der Waals surface area contributed by atoms with Crippen LogP contribution in [0.2, 0.25) is 0 Å². The fraction of sp³-hybridized carbons (Fsp3) is 1.00. The molecule has 0 heterocycles. The highest BCUT2D eigenvalue weighted by Gasteiger charge is 1.86. The molecule has 0 aliphatic carbocycles. The molecular formula is C9H23N3. The Kier molecular flexibility index (Phi) is 10.8. The molecule has 0 saturated heterocycles. The van der Waals surface area contributed by atoms with Crippen LogP contribution in [-0.4, -0.2) is 26.3 Å². The summed E-state index contributed by atoms with van der Waals surface area (Å²) in [6.07, 6.45) is 4.85. The highest BCUT2D eigenvalue weighted by atomic mass is 15.0. The third-order valence-electron chi connectivity index (χ3n) is 1.76. The van der Waals surface area contributed by atoms with Gasteiger partial charge in [0.15, 0.2) is 0 Å². The summed E-state index contributed by atoms with van der Waals surface area (Å²) in [5.41, 5.74) is 5.37. The predicted octanol–water partition coefficient (Wildman–Crippen LogP) is 0.662. The van der Waals surface area contributed by atoms with Crippen molar-refractivity contribution in [2.24, 2.45) is 5.73 Å². The second-order valence-electron chi connectivity index (χ2n) is 3.03. The molecule has 0 saturated carbocycles. The van der Waals surface area contributed by atoms with Crippen molar-refractivity contribution in [2.75, 3.05) is 26.3 Å². The molecule has 0 aromatic carbocycles. The summed E-state index contributed by atoms with van der Waals surface area (Å²) >= 11 is 0. The van der Waals surface area contributed by atoms with E-state index in [2.05, 4.69) is 17.6 Å². The summed E-state index contributed by atoms with van der Waals surface area (Å²) in [4.78, 5) is 0. The van der Waals surface area contributed by atoms with Crippen molar-refractivity contribution >= 4 is 0 Å². The van der Waals surface area contributed by atoms with Crippen LogP contribution in [0.1, 0.15) is 32.6 Å². The Hall–Kier alpha value is -0.120. The summed E-state index contributed by atoms with van der Waals surface area (Å²) < 4.78 is 0. The van der Waals surface area contributed by atoms with Gasteiger partial charge in [-0.05, 0) is 38.9 Å². The molecule has 0 spiro atoms. The average molecular weight is 173 g/mol. The smallest absolute Gasteiger partial charge is 0.0454 e. The fourth-order valence-electron chi connectivity index (χ4n) is 0.961.